The molecule has 0 aliphatic carbocycles. The van der Waals surface area contributed by atoms with Gasteiger partial charge in [0.2, 0.25) is 0 Å². The van der Waals surface area contributed by atoms with Gasteiger partial charge in [-0.3, -0.25) is 4.79 Å². The molecule has 0 atom stereocenters. The third-order valence-electron chi connectivity index (χ3n) is 3.14. The number of hydrogen-bond acceptors (Lipinski definition) is 4. The maximum atomic E-state index is 11.6. The Kier molecular flexibility index (Phi) is 5.00. The summed E-state index contributed by atoms with van der Waals surface area (Å²) in [6.45, 7) is 0.476. The molecule has 3 rings (SSSR count). The van der Waals surface area contributed by atoms with Crippen LogP contribution in [0.1, 0.15) is 11.1 Å². The lowest BCUT2D eigenvalue weighted by atomic mass is 10.2. The van der Waals surface area contributed by atoms with Gasteiger partial charge in [0.25, 0.3) is 5.91 Å². The van der Waals surface area contributed by atoms with Gasteiger partial charge in [-0.1, -0.05) is 59.8 Å². The number of hydrogen-bond donors (Lipinski definition) is 1. The van der Waals surface area contributed by atoms with E-state index in [4.69, 9.17) is 28.6 Å². The molecule has 2 aromatic carbocycles. The molecule has 1 aliphatic rings. The number of rotatable bonds is 4. The Balaban J connectivity index is 1.63. The molecule has 0 radical (unpaired) electrons. The first-order chi connectivity index (χ1) is 11.1. The summed E-state index contributed by atoms with van der Waals surface area (Å²) in [5.41, 5.74) is 1.97. The third kappa shape index (κ3) is 4.34. The summed E-state index contributed by atoms with van der Waals surface area (Å²) in [5.74, 6) is 0.615. The van der Waals surface area contributed by atoms with Crippen LogP contribution >= 0.6 is 35.6 Å². The highest BCUT2D eigenvalue weighted by molar-refractivity contribution is 8.26. The van der Waals surface area contributed by atoms with Crippen molar-refractivity contribution in [1.29, 1.82) is 0 Å². The SMILES string of the molecule is O=C1NC(=S)SC1=Cc1ccc(OCc2ccc(Cl)cc2)cc1. The molecule has 1 N–H and O–H groups in total. The van der Waals surface area contributed by atoms with E-state index in [1.54, 1.807) is 0 Å². The lowest BCUT2D eigenvalue weighted by Gasteiger charge is -2.06. The number of benzene rings is 2. The third-order valence-corrected chi connectivity index (χ3v) is 4.55. The number of amides is 1. The molecule has 0 spiro atoms. The Morgan fingerprint density at radius 1 is 1.13 bits per heavy atom. The van der Waals surface area contributed by atoms with Crippen LogP contribution in [0.3, 0.4) is 0 Å². The molecular weight excluding hydrogens is 350 g/mol. The summed E-state index contributed by atoms with van der Waals surface area (Å²) in [6.07, 6.45) is 1.81. The van der Waals surface area contributed by atoms with Gasteiger partial charge >= 0.3 is 0 Å². The molecular formula is C17H12ClNO2S2. The van der Waals surface area contributed by atoms with Crippen LogP contribution in [0.5, 0.6) is 5.75 Å². The molecule has 1 saturated heterocycles. The van der Waals surface area contributed by atoms with E-state index in [1.165, 1.54) is 11.8 Å². The first-order valence-corrected chi connectivity index (χ1v) is 8.42. The van der Waals surface area contributed by atoms with Crippen molar-refractivity contribution in [3.05, 3.63) is 69.6 Å². The second-order valence-electron chi connectivity index (χ2n) is 4.84. The Hall–Kier alpha value is -1.82. The van der Waals surface area contributed by atoms with Crippen LogP contribution in [-0.4, -0.2) is 10.2 Å². The van der Waals surface area contributed by atoms with Crippen LogP contribution in [0, 0.1) is 0 Å². The molecule has 3 nitrogen and oxygen atoms in total. The van der Waals surface area contributed by atoms with Gasteiger partial charge < -0.3 is 10.1 Å². The van der Waals surface area contributed by atoms with Crippen LogP contribution in [-0.2, 0) is 11.4 Å². The highest BCUT2D eigenvalue weighted by Gasteiger charge is 2.21. The van der Waals surface area contributed by atoms with Crippen molar-refractivity contribution >= 4 is 51.9 Å². The van der Waals surface area contributed by atoms with E-state index in [0.29, 0.717) is 20.9 Å². The number of halogens is 1. The molecule has 23 heavy (non-hydrogen) atoms. The summed E-state index contributed by atoms with van der Waals surface area (Å²) in [4.78, 5) is 12.2. The zero-order valence-electron chi connectivity index (χ0n) is 11.9. The second kappa shape index (κ2) is 7.17. The summed E-state index contributed by atoms with van der Waals surface area (Å²) < 4.78 is 6.22. The minimum Gasteiger partial charge on any atom is -0.489 e. The summed E-state index contributed by atoms with van der Waals surface area (Å²) in [7, 11) is 0. The molecule has 0 unspecified atom stereocenters. The topological polar surface area (TPSA) is 38.3 Å². The van der Waals surface area contributed by atoms with Gasteiger partial charge in [-0.25, -0.2) is 0 Å². The number of carbonyl (C=O) groups excluding carboxylic acids is 1. The molecule has 6 heteroatoms. The molecule has 116 valence electrons. The van der Waals surface area contributed by atoms with Crippen molar-refractivity contribution in [3.8, 4) is 5.75 Å². The Morgan fingerprint density at radius 2 is 1.83 bits per heavy atom. The Labute approximate surface area is 148 Å². The van der Waals surface area contributed by atoms with Crippen molar-refractivity contribution < 1.29 is 9.53 Å². The quantitative estimate of drug-likeness (QED) is 0.646. The number of thiocarbonyl (C=S) groups is 1. The van der Waals surface area contributed by atoms with E-state index in [0.717, 1.165) is 16.9 Å². The standard InChI is InChI=1S/C17H12ClNO2S2/c18-13-5-1-12(2-6-13)10-21-14-7-3-11(4-8-14)9-15-16(20)19-17(22)23-15/h1-9H,10H2,(H,19,20,22). The van der Waals surface area contributed by atoms with E-state index in [-0.39, 0.29) is 5.91 Å². The van der Waals surface area contributed by atoms with Crippen molar-refractivity contribution in [2.45, 2.75) is 6.61 Å². The Morgan fingerprint density at radius 3 is 2.43 bits per heavy atom. The van der Waals surface area contributed by atoms with Gasteiger partial charge in [0.1, 0.15) is 16.7 Å². The maximum absolute atomic E-state index is 11.6. The van der Waals surface area contributed by atoms with Crippen LogP contribution in [0.4, 0.5) is 0 Å². The van der Waals surface area contributed by atoms with Crippen molar-refractivity contribution in [2.24, 2.45) is 0 Å². The highest BCUT2D eigenvalue weighted by Crippen LogP contribution is 2.26. The molecule has 1 aliphatic heterocycles. The zero-order valence-corrected chi connectivity index (χ0v) is 14.3. The largest absolute Gasteiger partial charge is 0.489 e. The first kappa shape index (κ1) is 16.1. The van der Waals surface area contributed by atoms with Crippen LogP contribution in [0.2, 0.25) is 5.02 Å². The van der Waals surface area contributed by atoms with Crippen molar-refractivity contribution in [2.75, 3.05) is 0 Å². The van der Waals surface area contributed by atoms with E-state index in [9.17, 15) is 4.79 Å². The molecule has 1 amide bonds. The molecule has 1 heterocycles. The van der Waals surface area contributed by atoms with Gasteiger partial charge in [0, 0.05) is 5.02 Å². The monoisotopic (exact) mass is 361 g/mol. The lowest BCUT2D eigenvalue weighted by Crippen LogP contribution is -2.17. The van der Waals surface area contributed by atoms with Gasteiger partial charge in [0.15, 0.2) is 0 Å². The molecule has 1 fully saturated rings. The van der Waals surface area contributed by atoms with Crippen molar-refractivity contribution in [1.82, 2.24) is 5.32 Å². The molecule has 0 bridgehead atoms. The number of nitrogens with one attached hydrogen (secondary N) is 1. The van der Waals surface area contributed by atoms with Crippen molar-refractivity contribution in [3.63, 3.8) is 0 Å². The fraction of sp³-hybridized carbons (Fsp3) is 0.0588. The van der Waals surface area contributed by atoms with Crippen LogP contribution in [0.25, 0.3) is 6.08 Å². The number of thioether (sulfide) groups is 1. The predicted octanol–water partition coefficient (Wildman–Crippen LogP) is 4.41. The van der Waals surface area contributed by atoms with Crippen LogP contribution in [0.15, 0.2) is 53.4 Å². The molecule has 0 saturated carbocycles. The molecule has 0 aromatic heterocycles. The number of carbonyl (C=O) groups is 1. The van der Waals surface area contributed by atoms with Gasteiger partial charge in [-0.15, -0.1) is 0 Å². The summed E-state index contributed by atoms with van der Waals surface area (Å²) in [6, 6.07) is 15.1. The summed E-state index contributed by atoms with van der Waals surface area (Å²) >= 11 is 12.1. The normalized spacial score (nSPS) is 15.8. The average Bonchev–Trinajstić information content (AvgIpc) is 2.86. The van der Waals surface area contributed by atoms with Gasteiger partial charge in [0.05, 0.1) is 4.91 Å². The van der Waals surface area contributed by atoms with Gasteiger partial charge in [-0.05, 0) is 41.5 Å². The van der Waals surface area contributed by atoms with E-state index >= 15 is 0 Å². The lowest BCUT2D eigenvalue weighted by molar-refractivity contribution is -0.115. The second-order valence-corrected chi connectivity index (χ2v) is 6.99. The Bertz CT molecular complexity index is 770. The maximum Gasteiger partial charge on any atom is 0.263 e. The van der Waals surface area contributed by atoms with E-state index in [2.05, 4.69) is 5.32 Å². The van der Waals surface area contributed by atoms with Crippen LogP contribution < -0.4 is 10.1 Å². The molecule has 2 aromatic rings. The zero-order chi connectivity index (χ0) is 16.2. The number of ether oxygens (including phenoxy) is 1. The average molecular weight is 362 g/mol. The van der Waals surface area contributed by atoms with E-state index in [1.807, 2.05) is 54.6 Å². The first-order valence-electron chi connectivity index (χ1n) is 6.82. The highest BCUT2D eigenvalue weighted by atomic mass is 35.5. The van der Waals surface area contributed by atoms with E-state index < -0.39 is 0 Å². The fourth-order valence-corrected chi connectivity index (χ4v) is 3.15. The minimum absolute atomic E-state index is 0.150. The minimum atomic E-state index is -0.150. The fourth-order valence-electron chi connectivity index (χ4n) is 1.98. The smallest absolute Gasteiger partial charge is 0.263 e. The van der Waals surface area contributed by atoms with Gasteiger partial charge in [-0.2, -0.15) is 0 Å². The predicted molar refractivity (Wildman–Crippen MR) is 98.5 cm³/mol. The summed E-state index contributed by atoms with van der Waals surface area (Å²) in [5, 5.41) is 3.30.